The number of carbonyl (C=O) groups excluding carboxylic acids is 1. The Morgan fingerprint density at radius 1 is 1.11 bits per heavy atom. The number of hydrogen-bond acceptors (Lipinski definition) is 2. The van der Waals surface area contributed by atoms with E-state index in [1.165, 1.54) is 11.3 Å². The molecule has 36 heavy (non-hydrogen) atoms. The molecule has 1 aromatic heterocycles. The Labute approximate surface area is 222 Å². The molecule has 2 aromatic carbocycles. The summed E-state index contributed by atoms with van der Waals surface area (Å²) < 4.78 is 8.10. The number of benzene rings is 2. The zero-order valence-electron chi connectivity index (χ0n) is 22.8. The molecule has 3 aromatic rings. The molecule has 0 saturated carbocycles. The number of aromatic nitrogens is 1. The van der Waals surface area contributed by atoms with Crippen molar-refractivity contribution in [3.8, 4) is 11.4 Å². The van der Waals surface area contributed by atoms with Gasteiger partial charge in [0.25, 0.3) is 0 Å². The molecule has 4 heteroatoms. The Hall–Kier alpha value is -2.78. The molecule has 2 atom stereocenters. The SMILES string of the molecule is CCCC(CC(=O)CC)c1cc(C=C(C)C)cn1-c1ccc(Cl)cc1C(C)c1cccc(C)c1OC. The average Bonchev–Trinajstić information content (AvgIpc) is 3.25. The van der Waals surface area contributed by atoms with Gasteiger partial charge in [0, 0.05) is 52.8 Å². The van der Waals surface area contributed by atoms with Crippen LogP contribution in [0.3, 0.4) is 0 Å². The summed E-state index contributed by atoms with van der Waals surface area (Å²) in [7, 11) is 1.73. The lowest BCUT2D eigenvalue weighted by molar-refractivity contribution is -0.119. The van der Waals surface area contributed by atoms with Crippen molar-refractivity contribution >= 4 is 23.5 Å². The Balaban J connectivity index is 2.25. The van der Waals surface area contributed by atoms with Crippen molar-refractivity contribution in [2.45, 2.75) is 79.1 Å². The lowest BCUT2D eigenvalue weighted by Gasteiger charge is -2.24. The van der Waals surface area contributed by atoms with E-state index < -0.39 is 0 Å². The first kappa shape index (κ1) is 27.8. The number of ether oxygens (including phenoxy) is 1. The quantitative estimate of drug-likeness (QED) is 0.260. The standard InChI is InChI=1S/C32H40ClNO2/c1-8-11-25(18-27(35)9-2)31-17-24(16-21(3)4)20-34(31)30-15-14-26(33)19-29(30)23(6)28-13-10-12-22(5)32(28)36-7/h10,12-17,19-20,23,25H,8-9,11,18H2,1-7H3. The number of nitrogens with zero attached hydrogens (tertiary/aromatic N) is 1. The van der Waals surface area contributed by atoms with E-state index in [-0.39, 0.29) is 11.8 Å². The third-order valence-electron chi connectivity index (χ3n) is 6.88. The first-order valence-corrected chi connectivity index (χ1v) is 13.4. The average molecular weight is 506 g/mol. The second-order valence-electron chi connectivity index (χ2n) is 9.99. The van der Waals surface area contributed by atoms with E-state index in [1.54, 1.807) is 7.11 Å². The first-order chi connectivity index (χ1) is 17.2. The van der Waals surface area contributed by atoms with Crippen LogP contribution in [0.15, 0.2) is 54.2 Å². The van der Waals surface area contributed by atoms with Crippen LogP contribution in [0.4, 0.5) is 0 Å². The maximum absolute atomic E-state index is 12.6. The van der Waals surface area contributed by atoms with Gasteiger partial charge in [0.05, 0.1) is 7.11 Å². The summed E-state index contributed by atoms with van der Waals surface area (Å²) in [5.41, 5.74) is 8.02. The maximum atomic E-state index is 12.6. The molecule has 0 amide bonds. The number of rotatable bonds is 11. The van der Waals surface area contributed by atoms with E-state index in [2.05, 4.69) is 87.9 Å². The number of aryl methyl sites for hydroxylation is 1. The molecular weight excluding hydrogens is 466 g/mol. The molecule has 0 saturated heterocycles. The predicted molar refractivity (Wildman–Crippen MR) is 153 cm³/mol. The normalized spacial score (nSPS) is 12.8. The van der Waals surface area contributed by atoms with Gasteiger partial charge in [0.1, 0.15) is 11.5 Å². The fourth-order valence-electron chi connectivity index (χ4n) is 5.11. The molecule has 0 bridgehead atoms. The molecular formula is C32H40ClNO2. The fraction of sp³-hybridized carbons (Fsp3) is 0.406. The minimum atomic E-state index is 0.0533. The van der Waals surface area contributed by atoms with Crippen LogP contribution in [0.2, 0.25) is 5.02 Å². The molecule has 3 rings (SSSR count). The van der Waals surface area contributed by atoms with Gasteiger partial charge in [-0.1, -0.05) is 68.6 Å². The van der Waals surface area contributed by atoms with Crippen molar-refractivity contribution in [1.82, 2.24) is 4.57 Å². The molecule has 1 heterocycles. The van der Waals surface area contributed by atoms with Crippen LogP contribution in [-0.4, -0.2) is 17.5 Å². The minimum absolute atomic E-state index is 0.0533. The van der Waals surface area contributed by atoms with Crippen LogP contribution in [0.5, 0.6) is 5.75 Å². The Kier molecular flexibility index (Phi) is 9.62. The highest BCUT2D eigenvalue weighted by molar-refractivity contribution is 6.30. The molecule has 0 aliphatic rings. The molecule has 3 nitrogen and oxygen atoms in total. The van der Waals surface area contributed by atoms with Gasteiger partial charge in [0.2, 0.25) is 0 Å². The Bertz CT molecular complexity index is 1230. The third-order valence-corrected chi connectivity index (χ3v) is 7.11. The second-order valence-corrected chi connectivity index (χ2v) is 10.4. The summed E-state index contributed by atoms with van der Waals surface area (Å²) in [5, 5.41) is 0.705. The van der Waals surface area contributed by atoms with E-state index in [9.17, 15) is 4.79 Å². The summed E-state index contributed by atoms with van der Waals surface area (Å²) in [6.45, 7) is 12.6. The lowest BCUT2D eigenvalue weighted by Crippen LogP contribution is -2.13. The highest BCUT2D eigenvalue weighted by atomic mass is 35.5. The van der Waals surface area contributed by atoms with Crippen LogP contribution in [0, 0.1) is 6.92 Å². The van der Waals surface area contributed by atoms with Gasteiger partial charge in [-0.3, -0.25) is 4.79 Å². The van der Waals surface area contributed by atoms with Crippen molar-refractivity contribution in [1.29, 1.82) is 0 Å². The van der Waals surface area contributed by atoms with Gasteiger partial charge >= 0.3 is 0 Å². The van der Waals surface area contributed by atoms with Crippen LogP contribution in [0.25, 0.3) is 11.8 Å². The molecule has 2 unspecified atom stereocenters. The Morgan fingerprint density at radius 3 is 2.50 bits per heavy atom. The maximum Gasteiger partial charge on any atom is 0.133 e. The molecule has 0 fully saturated rings. The highest BCUT2D eigenvalue weighted by Crippen LogP contribution is 2.39. The van der Waals surface area contributed by atoms with E-state index in [4.69, 9.17) is 16.3 Å². The van der Waals surface area contributed by atoms with Gasteiger partial charge in [-0.15, -0.1) is 0 Å². The number of para-hydroxylation sites is 1. The van der Waals surface area contributed by atoms with E-state index in [1.807, 2.05) is 13.0 Å². The van der Waals surface area contributed by atoms with Crippen LogP contribution in [0.1, 0.15) is 100 Å². The number of carbonyl (C=O) groups is 1. The van der Waals surface area contributed by atoms with E-state index in [0.717, 1.165) is 46.5 Å². The molecule has 0 N–H and O–H groups in total. The van der Waals surface area contributed by atoms with Gasteiger partial charge in [-0.05, 0) is 68.1 Å². The third kappa shape index (κ3) is 6.31. The van der Waals surface area contributed by atoms with Gasteiger partial charge in [-0.25, -0.2) is 0 Å². The number of Topliss-reactive ketones (excluding diaryl/α,β-unsaturated/α-hetero) is 1. The van der Waals surface area contributed by atoms with Crippen LogP contribution < -0.4 is 4.74 Å². The van der Waals surface area contributed by atoms with Crippen LogP contribution in [-0.2, 0) is 4.79 Å². The molecule has 0 spiro atoms. The number of halogens is 1. The van der Waals surface area contributed by atoms with Crippen molar-refractivity contribution in [2.75, 3.05) is 7.11 Å². The first-order valence-electron chi connectivity index (χ1n) is 13.0. The fourth-order valence-corrected chi connectivity index (χ4v) is 5.29. The Morgan fingerprint density at radius 2 is 1.86 bits per heavy atom. The zero-order valence-corrected chi connectivity index (χ0v) is 23.6. The summed E-state index contributed by atoms with van der Waals surface area (Å²) in [6.07, 6.45) is 7.52. The summed E-state index contributed by atoms with van der Waals surface area (Å²) >= 11 is 6.56. The van der Waals surface area contributed by atoms with Gasteiger partial charge < -0.3 is 9.30 Å². The molecule has 192 valence electrons. The summed E-state index contributed by atoms with van der Waals surface area (Å²) in [4.78, 5) is 12.6. The van der Waals surface area contributed by atoms with Crippen molar-refractivity contribution < 1.29 is 9.53 Å². The van der Waals surface area contributed by atoms with Crippen molar-refractivity contribution in [3.05, 3.63) is 87.2 Å². The lowest BCUT2D eigenvalue weighted by atomic mass is 9.89. The smallest absolute Gasteiger partial charge is 0.133 e. The summed E-state index contributed by atoms with van der Waals surface area (Å²) in [6, 6.07) is 14.7. The summed E-state index contributed by atoms with van der Waals surface area (Å²) in [5.74, 6) is 1.43. The number of allylic oxidation sites excluding steroid dienone is 1. The van der Waals surface area contributed by atoms with Crippen molar-refractivity contribution in [3.63, 3.8) is 0 Å². The molecule has 0 aliphatic heterocycles. The predicted octanol–water partition coefficient (Wildman–Crippen LogP) is 9.28. The largest absolute Gasteiger partial charge is 0.496 e. The zero-order chi connectivity index (χ0) is 26.4. The molecule has 0 radical (unpaired) electrons. The van der Waals surface area contributed by atoms with Crippen molar-refractivity contribution in [2.24, 2.45) is 0 Å². The molecule has 0 aliphatic carbocycles. The second kappa shape index (κ2) is 12.5. The van der Waals surface area contributed by atoms with Crippen LogP contribution >= 0.6 is 11.6 Å². The number of ketones is 1. The highest BCUT2D eigenvalue weighted by Gasteiger charge is 2.24. The minimum Gasteiger partial charge on any atom is -0.496 e. The van der Waals surface area contributed by atoms with E-state index in [0.29, 0.717) is 23.6 Å². The number of hydrogen-bond donors (Lipinski definition) is 0. The van der Waals surface area contributed by atoms with Gasteiger partial charge in [0.15, 0.2) is 0 Å². The van der Waals surface area contributed by atoms with Gasteiger partial charge in [-0.2, -0.15) is 0 Å². The topological polar surface area (TPSA) is 31.2 Å². The van der Waals surface area contributed by atoms with E-state index >= 15 is 0 Å². The monoisotopic (exact) mass is 505 g/mol. The number of methoxy groups -OCH3 is 1.